The van der Waals surface area contributed by atoms with Crippen molar-refractivity contribution in [1.82, 2.24) is 4.98 Å². The van der Waals surface area contributed by atoms with E-state index in [1.807, 2.05) is 18.3 Å². The van der Waals surface area contributed by atoms with E-state index in [1.54, 1.807) is 6.20 Å². The molecule has 0 amide bonds. The highest BCUT2D eigenvalue weighted by Gasteiger charge is 1.90. The summed E-state index contributed by atoms with van der Waals surface area (Å²) in [6, 6.07) is 12.6. The Morgan fingerprint density at radius 2 is 1.88 bits per heavy atom. The van der Waals surface area contributed by atoms with Gasteiger partial charge in [-0.2, -0.15) is 0 Å². The van der Waals surface area contributed by atoms with Crippen molar-refractivity contribution in [2.75, 3.05) is 0 Å². The van der Waals surface area contributed by atoms with Crippen LogP contribution in [0, 0.1) is 0 Å². The van der Waals surface area contributed by atoms with Gasteiger partial charge < -0.3 is 0 Å². The summed E-state index contributed by atoms with van der Waals surface area (Å²) in [7, 11) is 0. The third kappa shape index (κ3) is 2.80. The summed E-state index contributed by atoms with van der Waals surface area (Å²) in [5, 5.41) is 0. The Morgan fingerprint density at radius 1 is 1.06 bits per heavy atom. The number of aromatic nitrogens is 1. The third-order valence-corrected chi connectivity index (χ3v) is 2.51. The minimum Gasteiger partial charge on any atom is -0.264 e. The molecule has 0 aliphatic rings. The van der Waals surface area contributed by atoms with Gasteiger partial charge in [-0.3, -0.25) is 4.98 Å². The van der Waals surface area contributed by atoms with Crippen LogP contribution in [0.4, 0.5) is 0 Å². The second-order valence-electron chi connectivity index (χ2n) is 3.72. The fraction of sp³-hybridized carbons (Fsp3) is 0.133. The molecule has 0 aliphatic carbocycles. The largest absolute Gasteiger partial charge is 0.264 e. The average molecular weight is 209 g/mol. The van der Waals surface area contributed by atoms with Crippen molar-refractivity contribution in [2.45, 2.75) is 13.3 Å². The van der Waals surface area contributed by atoms with E-state index >= 15 is 0 Å². The predicted octanol–water partition coefficient (Wildman–Crippen LogP) is 3.81. The molecular formula is C15H15N. The first-order valence-electron chi connectivity index (χ1n) is 5.55. The number of nitrogens with zero attached hydrogens (tertiary/aromatic N) is 1. The van der Waals surface area contributed by atoms with E-state index in [2.05, 4.69) is 48.3 Å². The number of benzene rings is 1. The summed E-state index contributed by atoms with van der Waals surface area (Å²) in [5.74, 6) is 0. The first-order valence-corrected chi connectivity index (χ1v) is 5.55. The molecule has 1 aromatic carbocycles. The van der Waals surface area contributed by atoms with Crippen molar-refractivity contribution < 1.29 is 0 Å². The lowest BCUT2D eigenvalue weighted by molar-refractivity contribution is 1.14. The first-order chi connectivity index (χ1) is 7.88. The molecule has 80 valence electrons. The molecule has 2 aromatic rings. The van der Waals surface area contributed by atoms with Crippen LogP contribution in [0.2, 0.25) is 0 Å². The SMILES string of the molecule is CCc1cccc(C=Cc2cccnc2)c1. The lowest BCUT2D eigenvalue weighted by atomic mass is 10.1. The van der Waals surface area contributed by atoms with Gasteiger partial charge in [0.1, 0.15) is 0 Å². The summed E-state index contributed by atoms with van der Waals surface area (Å²) in [6.07, 6.45) is 8.93. The second-order valence-corrected chi connectivity index (χ2v) is 3.72. The molecule has 0 spiro atoms. The van der Waals surface area contributed by atoms with Crippen LogP contribution in [-0.4, -0.2) is 4.98 Å². The summed E-state index contributed by atoms with van der Waals surface area (Å²) in [6.45, 7) is 2.17. The van der Waals surface area contributed by atoms with E-state index in [0.29, 0.717) is 0 Å². The Labute approximate surface area is 96.5 Å². The summed E-state index contributed by atoms with van der Waals surface area (Å²) in [4.78, 5) is 4.08. The van der Waals surface area contributed by atoms with Crippen molar-refractivity contribution in [2.24, 2.45) is 0 Å². The van der Waals surface area contributed by atoms with Crippen LogP contribution in [0.3, 0.4) is 0 Å². The van der Waals surface area contributed by atoms with Crippen LogP contribution in [0.15, 0.2) is 48.8 Å². The Morgan fingerprint density at radius 3 is 2.62 bits per heavy atom. The van der Waals surface area contributed by atoms with Gasteiger partial charge in [0, 0.05) is 12.4 Å². The number of pyridine rings is 1. The Kier molecular flexibility index (Phi) is 3.50. The van der Waals surface area contributed by atoms with Gasteiger partial charge in [-0.1, -0.05) is 49.4 Å². The van der Waals surface area contributed by atoms with Crippen molar-refractivity contribution in [3.8, 4) is 0 Å². The summed E-state index contributed by atoms with van der Waals surface area (Å²) in [5.41, 5.74) is 3.74. The molecule has 0 atom stereocenters. The molecule has 16 heavy (non-hydrogen) atoms. The molecular weight excluding hydrogens is 194 g/mol. The van der Waals surface area contributed by atoms with Gasteiger partial charge in [0.05, 0.1) is 0 Å². The molecule has 1 aromatic heterocycles. The molecule has 2 rings (SSSR count). The van der Waals surface area contributed by atoms with Gasteiger partial charge in [-0.25, -0.2) is 0 Å². The Hall–Kier alpha value is -1.89. The van der Waals surface area contributed by atoms with Gasteiger partial charge in [-0.15, -0.1) is 0 Å². The number of rotatable bonds is 3. The summed E-state index contributed by atoms with van der Waals surface area (Å²) >= 11 is 0. The van der Waals surface area contributed by atoms with Crippen LogP contribution in [0.25, 0.3) is 12.2 Å². The smallest absolute Gasteiger partial charge is 0.0340 e. The molecule has 1 heterocycles. The molecule has 0 radical (unpaired) electrons. The zero-order valence-corrected chi connectivity index (χ0v) is 9.43. The normalized spacial score (nSPS) is 10.8. The second kappa shape index (κ2) is 5.26. The van der Waals surface area contributed by atoms with Crippen molar-refractivity contribution in [1.29, 1.82) is 0 Å². The van der Waals surface area contributed by atoms with Crippen LogP contribution in [0.1, 0.15) is 23.6 Å². The van der Waals surface area contributed by atoms with E-state index in [-0.39, 0.29) is 0 Å². The standard InChI is InChI=1S/C15H15N/c1-2-13-5-3-6-14(11-13)8-9-15-7-4-10-16-12-15/h3-12H,2H2,1H3. The molecule has 1 heteroatoms. The first kappa shape index (κ1) is 10.6. The van der Waals surface area contributed by atoms with Crippen molar-refractivity contribution in [3.63, 3.8) is 0 Å². The van der Waals surface area contributed by atoms with Gasteiger partial charge >= 0.3 is 0 Å². The van der Waals surface area contributed by atoms with Gasteiger partial charge in [0.15, 0.2) is 0 Å². The van der Waals surface area contributed by atoms with Crippen molar-refractivity contribution >= 4 is 12.2 Å². The highest BCUT2D eigenvalue weighted by atomic mass is 14.6. The topological polar surface area (TPSA) is 12.9 Å². The van der Waals surface area contributed by atoms with E-state index in [0.717, 1.165) is 12.0 Å². The molecule has 0 saturated heterocycles. The molecule has 0 unspecified atom stereocenters. The number of hydrogen-bond acceptors (Lipinski definition) is 1. The zero-order chi connectivity index (χ0) is 11.2. The van der Waals surface area contributed by atoms with Crippen molar-refractivity contribution in [3.05, 3.63) is 65.5 Å². The molecule has 0 aliphatic heterocycles. The fourth-order valence-electron chi connectivity index (χ4n) is 1.58. The van der Waals surface area contributed by atoms with Gasteiger partial charge in [0.25, 0.3) is 0 Å². The Bertz CT molecular complexity index is 472. The number of hydrogen-bond donors (Lipinski definition) is 0. The van der Waals surface area contributed by atoms with E-state index in [4.69, 9.17) is 0 Å². The minimum atomic E-state index is 1.08. The fourth-order valence-corrected chi connectivity index (χ4v) is 1.58. The third-order valence-electron chi connectivity index (χ3n) is 2.51. The van der Waals surface area contributed by atoms with Crippen LogP contribution in [-0.2, 0) is 6.42 Å². The van der Waals surface area contributed by atoms with E-state index < -0.39 is 0 Å². The maximum absolute atomic E-state index is 4.08. The maximum Gasteiger partial charge on any atom is 0.0340 e. The molecule has 0 fully saturated rings. The maximum atomic E-state index is 4.08. The summed E-state index contributed by atoms with van der Waals surface area (Å²) < 4.78 is 0. The highest BCUT2D eigenvalue weighted by Crippen LogP contribution is 2.10. The quantitative estimate of drug-likeness (QED) is 0.749. The molecule has 0 N–H and O–H groups in total. The van der Waals surface area contributed by atoms with Crippen LogP contribution >= 0.6 is 0 Å². The van der Waals surface area contributed by atoms with E-state index in [9.17, 15) is 0 Å². The van der Waals surface area contributed by atoms with Gasteiger partial charge in [0.2, 0.25) is 0 Å². The monoisotopic (exact) mass is 209 g/mol. The van der Waals surface area contributed by atoms with E-state index in [1.165, 1.54) is 11.1 Å². The molecule has 0 bridgehead atoms. The average Bonchev–Trinajstić information content (AvgIpc) is 2.38. The number of aryl methyl sites for hydroxylation is 1. The van der Waals surface area contributed by atoms with Crippen LogP contribution < -0.4 is 0 Å². The highest BCUT2D eigenvalue weighted by molar-refractivity contribution is 5.69. The lowest BCUT2D eigenvalue weighted by Crippen LogP contribution is -1.80. The Balaban J connectivity index is 2.17. The zero-order valence-electron chi connectivity index (χ0n) is 9.43. The predicted molar refractivity (Wildman–Crippen MR) is 69.0 cm³/mol. The van der Waals surface area contributed by atoms with Crippen LogP contribution in [0.5, 0.6) is 0 Å². The minimum absolute atomic E-state index is 1.08. The molecule has 1 nitrogen and oxygen atoms in total. The molecule has 0 saturated carbocycles. The van der Waals surface area contributed by atoms with Gasteiger partial charge in [-0.05, 0) is 29.2 Å². The lowest BCUT2D eigenvalue weighted by Gasteiger charge is -1.98.